The zero-order valence-corrected chi connectivity index (χ0v) is 11.8. The van der Waals surface area contributed by atoms with Crippen LogP contribution in [0.15, 0.2) is 29.8 Å². The summed E-state index contributed by atoms with van der Waals surface area (Å²) in [6.45, 7) is 3.06. The zero-order valence-electron chi connectivity index (χ0n) is 11.0. The molecule has 19 heavy (non-hydrogen) atoms. The average molecular weight is 280 g/mol. The molecule has 0 amide bonds. The molecule has 1 unspecified atom stereocenters. The number of aromatic nitrogens is 1. The molecule has 0 bridgehead atoms. The Labute approximate surface area is 116 Å². The first-order chi connectivity index (χ1) is 9.22. The number of rotatable bonds is 6. The highest BCUT2D eigenvalue weighted by Crippen LogP contribution is 2.25. The maximum Gasteiger partial charge on any atom is 0.126 e. The highest BCUT2D eigenvalue weighted by Gasteiger charge is 2.17. The van der Waals surface area contributed by atoms with Gasteiger partial charge in [0.2, 0.25) is 0 Å². The second kappa shape index (κ2) is 6.75. The molecule has 0 saturated heterocycles. The molecular formula is C14H17FN2OS. The van der Waals surface area contributed by atoms with Crippen molar-refractivity contribution < 1.29 is 9.13 Å². The third-order valence-corrected chi connectivity index (χ3v) is 3.72. The number of aryl methyl sites for hydroxylation is 1. The van der Waals surface area contributed by atoms with Crippen LogP contribution in [0, 0.1) is 12.7 Å². The molecule has 1 atom stereocenters. The van der Waals surface area contributed by atoms with Crippen LogP contribution in [0.1, 0.15) is 22.2 Å². The van der Waals surface area contributed by atoms with Gasteiger partial charge in [-0.25, -0.2) is 9.37 Å². The fourth-order valence-corrected chi connectivity index (χ4v) is 2.56. The van der Waals surface area contributed by atoms with Gasteiger partial charge in [-0.05, 0) is 24.1 Å². The normalized spacial score (nSPS) is 12.6. The number of methoxy groups -OCH3 is 1. The largest absolute Gasteiger partial charge is 0.383 e. The number of benzene rings is 1. The van der Waals surface area contributed by atoms with Crippen LogP contribution in [0.2, 0.25) is 0 Å². The number of thiazole rings is 1. The monoisotopic (exact) mass is 280 g/mol. The van der Waals surface area contributed by atoms with E-state index in [9.17, 15) is 4.39 Å². The Morgan fingerprint density at radius 1 is 1.47 bits per heavy atom. The number of hydrogen-bond acceptors (Lipinski definition) is 4. The van der Waals surface area contributed by atoms with E-state index in [4.69, 9.17) is 4.74 Å². The fourth-order valence-electron chi connectivity index (χ4n) is 1.82. The first kappa shape index (κ1) is 14.1. The summed E-state index contributed by atoms with van der Waals surface area (Å²) in [7, 11) is 1.66. The van der Waals surface area contributed by atoms with E-state index < -0.39 is 0 Å². The number of nitrogens with one attached hydrogen (secondary N) is 1. The Balaban J connectivity index is 2.23. The van der Waals surface area contributed by atoms with Gasteiger partial charge >= 0.3 is 0 Å². The summed E-state index contributed by atoms with van der Waals surface area (Å²) in [6.07, 6.45) is 1.76. The Bertz CT molecular complexity index is 516. The van der Waals surface area contributed by atoms with Crippen molar-refractivity contribution >= 4 is 11.3 Å². The quantitative estimate of drug-likeness (QED) is 0.826. The molecule has 1 aromatic heterocycles. The number of hydrogen-bond donors (Lipinski definition) is 1. The van der Waals surface area contributed by atoms with Crippen molar-refractivity contribution in [2.24, 2.45) is 0 Å². The highest BCUT2D eigenvalue weighted by molar-refractivity contribution is 7.09. The fraction of sp³-hybridized carbons (Fsp3) is 0.357. The van der Waals surface area contributed by atoms with Crippen LogP contribution in [-0.4, -0.2) is 25.2 Å². The van der Waals surface area contributed by atoms with Gasteiger partial charge in [0.1, 0.15) is 10.8 Å². The Hall–Kier alpha value is -1.30. The van der Waals surface area contributed by atoms with Crippen LogP contribution >= 0.6 is 11.3 Å². The van der Waals surface area contributed by atoms with Crippen LogP contribution in [0.25, 0.3) is 0 Å². The molecule has 0 aliphatic heterocycles. The third-order valence-electron chi connectivity index (χ3n) is 2.88. The molecule has 0 spiro atoms. The molecule has 1 aromatic carbocycles. The summed E-state index contributed by atoms with van der Waals surface area (Å²) in [5, 5.41) is 6.19. The highest BCUT2D eigenvalue weighted by atomic mass is 32.1. The Kier molecular flexibility index (Phi) is 5.01. The lowest BCUT2D eigenvalue weighted by atomic mass is 10.1. The molecule has 0 saturated carbocycles. The lowest BCUT2D eigenvalue weighted by molar-refractivity contribution is 0.197. The molecule has 102 valence electrons. The predicted molar refractivity (Wildman–Crippen MR) is 75.0 cm³/mol. The summed E-state index contributed by atoms with van der Waals surface area (Å²) in [6, 6.07) is 5.21. The summed E-state index contributed by atoms with van der Waals surface area (Å²) in [5.41, 5.74) is 1.53. The molecule has 2 aromatic rings. The van der Waals surface area contributed by atoms with E-state index >= 15 is 0 Å². The molecule has 0 aliphatic rings. The maximum absolute atomic E-state index is 13.7. The first-order valence-electron chi connectivity index (χ1n) is 6.10. The van der Waals surface area contributed by atoms with E-state index in [-0.39, 0.29) is 11.9 Å². The van der Waals surface area contributed by atoms with Gasteiger partial charge in [0, 0.05) is 25.2 Å². The van der Waals surface area contributed by atoms with E-state index in [1.807, 2.05) is 11.4 Å². The standard InChI is InChI=1S/C14H17FN2OS/c1-10-3-4-11(9-12(10)15)13(16-5-7-18-2)14-17-6-8-19-14/h3-4,6,8-9,13,16H,5,7H2,1-2H3. The summed E-state index contributed by atoms with van der Waals surface area (Å²) < 4.78 is 18.7. The molecule has 0 aliphatic carbocycles. The number of halogens is 1. The maximum atomic E-state index is 13.7. The van der Waals surface area contributed by atoms with Crippen molar-refractivity contribution in [2.45, 2.75) is 13.0 Å². The van der Waals surface area contributed by atoms with Crippen molar-refractivity contribution in [3.8, 4) is 0 Å². The van der Waals surface area contributed by atoms with Crippen molar-refractivity contribution in [3.63, 3.8) is 0 Å². The zero-order chi connectivity index (χ0) is 13.7. The minimum atomic E-state index is -0.187. The summed E-state index contributed by atoms with van der Waals surface area (Å²) >= 11 is 1.56. The average Bonchev–Trinajstić information content (AvgIpc) is 2.92. The second-order valence-electron chi connectivity index (χ2n) is 4.26. The van der Waals surface area contributed by atoms with Gasteiger partial charge in [0.25, 0.3) is 0 Å². The van der Waals surface area contributed by atoms with Gasteiger partial charge in [-0.1, -0.05) is 12.1 Å². The van der Waals surface area contributed by atoms with Gasteiger partial charge in [-0.3, -0.25) is 0 Å². The molecule has 1 heterocycles. The van der Waals surface area contributed by atoms with E-state index in [0.29, 0.717) is 18.7 Å². The van der Waals surface area contributed by atoms with Crippen molar-refractivity contribution in [1.29, 1.82) is 0 Å². The summed E-state index contributed by atoms with van der Waals surface area (Å²) in [4.78, 5) is 4.32. The van der Waals surface area contributed by atoms with Gasteiger partial charge in [-0.2, -0.15) is 0 Å². The van der Waals surface area contributed by atoms with Gasteiger partial charge < -0.3 is 10.1 Å². The van der Waals surface area contributed by atoms with E-state index in [1.54, 1.807) is 43.7 Å². The van der Waals surface area contributed by atoms with E-state index in [0.717, 1.165) is 10.6 Å². The molecular weight excluding hydrogens is 263 g/mol. The van der Waals surface area contributed by atoms with Crippen LogP contribution in [-0.2, 0) is 4.74 Å². The second-order valence-corrected chi connectivity index (χ2v) is 5.19. The molecule has 0 radical (unpaired) electrons. The molecule has 1 N–H and O–H groups in total. The lowest BCUT2D eigenvalue weighted by Gasteiger charge is -2.17. The van der Waals surface area contributed by atoms with Crippen LogP contribution in [0.5, 0.6) is 0 Å². The Morgan fingerprint density at radius 2 is 2.32 bits per heavy atom. The van der Waals surface area contributed by atoms with Crippen LogP contribution in [0.4, 0.5) is 4.39 Å². The number of ether oxygens (including phenoxy) is 1. The predicted octanol–water partition coefficient (Wildman–Crippen LogP) is 2.92. The van der Waals surface area contributed by atoms with E-state index in [2.05, 4.69) is 10.3 Å². The minimum Gasteiger partial charge on any atom is -0.383 e. The third kappa shape index (κ3) is 3.59. The van der Waals surface area contributed by atoms with Crippen molar-refractivity contribution in [1.82, 2.24) is 10.3 Å². The van der Waals surface area contributed by atoms with Gasteiger partial charge in [0.05, 0.1) is 12.6 Å². The van der Waals surface area contributed by atoms with Crippen LogP contribution in [0.3, 0.4) is 0 Å². The van der Waals surface area contributed by atoms with Crippen molar-refractivity contribution in [2.75, 3.05) is 20.3 Å². The molecule has 2 rings (SSSR count). The smallest absolute Gasteiger partial charge is 0.126 e. The first-order valence-corrected chi connectivity index (χ1v) is 6.98. The molecule has 0 fully saturated rings. The number of nitrogens with zero attached hydrogens (tertiary/aromatic N) is 1. The molecule has 5 heteroatoms. The molecule has 3 nitrogen and oxygen atoms in total. The van der Waals surface area contributed by atoms with E-state index in [1.165, 1.54) is 0 Å². The minimum absolute atomic E-state index is 0.0924. The Morgan fingerprint density at radius 3 is 2.95 bits per heavy atom. The van der Waals surface area contributed by atoms with Gasteiger partial charge in [-0.15, -0.1) is 11.3 Å². The van der Waals surface area contributed by atoms with Crippen LogP contribution < -0.4 is 5.32 Å². The summed E-state index contributed by atoms with van der Waals surface area (Å²) in [5.74, 6) is -0.187. The lowest BCUT2D eigenvalue weighted by Crippen LogP contribution is -2.26. The van der Waals surface area contributed by atoms with Gasteiger partial charge in [0.15, 0.2) is 0 Å². The topological polar surface area (TPSA) is 34.1 Å². The van der Waals surface area contributed by atoms with Crippen molar-refractivity contribution in [3.05, 3.63) is 51.7 Å². The SMILES string of the molecule is COCCNC(c1ccc(C)c(F)c1)c1nccs1.